The van der Waals surface area contributed by atoms with E-state index in [-0.39, 0.29) is 12.1 Å². The maximum atomic E-state index is 11.5. The largest absolute Gasteiger partial charge is 0.444 e. The third-order valence-corrected chi connectivity index (χ3v) is 3.72. The predicted molar refractivity (Wildman–Crippen MR) is 94.4 cm³/mol. The molecule has 124 valence electrons. The molecule has 0 radical (unpaired) electrons. The lowest BCUT2D eigenvalue weighted by Crippen LogP contribution is -2.34. The molecule has 2 N–H and O–H groups in total. The van der Waals surface area contributed by atoms with Crippen molar-refractivity contribution in [2.45, 2.75) is 45.8 Å². The molecule has 1 atom stereocenters. The number of hydrogen-bond acceptors (Lipinski definition) is 3. The Morgan fingerprint density at radius 2 is 2.05 bits per heavy atom. The summed E-state index contributed by atoms with van der Waals surface area (Å²) in [5.74, 6) is 0. The third-order valence-electron chi connectivity index (χ3n) is 2.90. The molecule has 0 saturated heterocycles. The average Bonchev–Trinajstić information content (AvgIpc) is 2.35. The van der Waals surface area contributed by atoms with Crippen LogP contribution >= 0.6 is 27.5 Å². The van der Waals surface area contributed by atoms with Crippen molar-refractivity contribution in [3.05, 3.63) is 33.3 Å². The number of halogens is 2. The van der Waals surface area contributed by atoms with Gasteiger partial charge in [0.15, 0.2) is 0 Å². The lowest BCUT2D eigenvalue weighted by molar-refractivity contribution is 0.0527. The normalized spacial score (nSPS) is 12.8. The van der Waals surface area contributed by atoms with Crippen molar-refractivity contribution in [1.82, 2.24) is 10.6 Å². The first-order valence-corrected chi connectivity index (χ1v) is 8.51. The lowest BCUT2D eigenvalue weighted by Gasteiger charge is -2.20. The first kappa shape index (κ1) is 19.3. The Morgan fingerprint density at radius 3 is 2.64 bits per heavy atom. The number of carbonyl (C=O) groups excluding carboxylic acids is 1. The third kappa shape index (κ3) is 7.47. The molecular weight excluding hydrogens is 368 g/mol. The molecule has 1 aromatic rings. The van der Waals surface area contributed by atoms with E-state index < -0.39 is 5.60 Å². The van der Waals surface area contributed by atoms with Gasteiger partial charge in [0.05, 0.1) is 0 Å². The van der Waals surface area contributed by atoms with E-state index in [1.165, 1.54) is 0 Å². The number of alkyl carbamates (subject to hydrolysis) is 1. The Kier molecular flexibility index (Phi) is 7.66. The molecule has 6 heteroatoms. The Labute approximate surface area is 146 Å². The molecule has 0 aliphatic carbocycles. The van der Waals surface area contributed by atoms with Gasteiger partial charge in [-0.15, -0.1) is 0 Å². The van der Waals surface area contributed by atoms with E-state index in [4.69, 9.17) is 16.3 Å². The number of nitrogens with one attached hydrogen (secondary N) is 2. The van der Waals surface area contributed by atoms with Crippen LogP contribution in [0.5, 0.6) is 0 Å². The second-order valence-electron chi connectivity index (χ2n) is 6.12. The Bertz CT molecular complexity index is 503. The molecule has 22 heavy (non-hydrogen) atoms. The summed E-state index contributed by atoms with van der Waals surface area (Å²) in [6.07, 6.45) is 0.439. The minimum absolute atomic E-state index is 0.155. The molecule has 0 saturated carbocycles. The van der Waals surface area contributed by atoms with Crippen LogP contribution < -0.4 is 10.6 Å². The van der Waals surface area contributed by atoms with Gasteiger partial charge in [-0.25, -0.2) is 4.79 Å². The highest BCUT2D eigenvalue weighted by Crippen LogP contribution is 2.26. The number of ether oxygens (including phenoxy) is 1. The van der Waals surface area contributed by atoms with E-state index in [0.717, 1.165) is 28.0 Å². The maximum absolute atomic E-state index is 11.5. The van der Waals surface area contributed by atoms with Crippen LogP contribution in [0.3, 0.4) is 0 Å². The molecule has 0 aromatic heterocycles. The molecule has 0 heterocycles. The summed E-state index contributed by atoms with van der Waals surface area (Å²) in [5.41, 5.74) is 0.597. The van der Waals surface area contributed by atoms with Gasteiger partial charge in [0.2, 0.25) is 0 Å². The highest BCUT2D eigenvalue weighted by atomic mass is 79.9. The number of rotatable bonds is 6. The molecule has 1 unspecified atom stereocenters. The second-order valence-corrected chi connectivity index (χ2v) is 7.45. The van der Waals surface area contributed by atoms with Gasteiger partial charge in [-0.2, -0.15) is 0 Å². The van der Waals surface area contributed by atoms with Gasteiger partial charge in [0.25, 0.3) is 0 Å². The summed E-state index contributed by atoms with van der Waals surface area (Å²) in [6.45, 7) is 8.95. The van der Waals surface area contributed by atoms with Crippen LogP contribution in [-0.4, -0.2) is 24.8 Å². The SMILES string of the molecule is CC(NCCCNC(=O)OC(C)(C)C)c1ccc(Br)cc1Cl. The van der Waals surface area contributed by atoms with Gasteiger partial charge < -0.3 is 15.4 Å². The molecule has 4 nitrogen and oxygen atoms in total. The summed E-state index contributed by atoms with van der Waals surface area (Å²) in [7, 11) is 0. The van der Waals surface area contributed by atoms with E-state index >= 15 is 0 Å². The smallest absolute Gasteiger partial charge is 0.407 e. The van der Waals surface area contributed by atoms with E-state index in [1.807, 2.05) is 39.0 Å². The molecule has 0 aliphatic rings. The Hall–Kier alpha value is -0.780. The van der Waals surface area contributed by atoms with Crippen LogP contribution in [0, 0.1) is 0 Å². The van der Waals surface area contributed by atoms with Crippen molar-refractivity contribution in [3.8, 4) is 0 Å². The number of hydrogen-bond donors (Lipinski definition) is 2. The highest BCUT2D eigenvalue weighted by Gasteiger charge is 2.15. The lowest BCUT2D eigenvalue weighted by atomic mass is 10.1. The minimum Gasteiger partial charge on any atom is -0.444 e. The molecule has 1 aromatic carbocycles. The predicted octanol–water partition coefficient (Wildman–Crippen LogP) is 4.67. The van der Waals surface area contributed by atoms with Gasteiger partial charge in [0.1, 0.15) is 5.60 Å². The quantitative estimate of drug-likeness (QED) is 0.693. The Balaban J connectivity index is 2.26. The molecule has 0 bridgehead atoms. The Morgan fingerprint density at radius 1 is 1.36 bits per heavy atom. The molecule has 0 spiro atoms. The van der Waals surface area contributed by atoms with Crippen molar-refractivity contribution >= 4 is 33.6 Å². The monoisotopic (exact) mass is 390 g/mol. The summed E-state index contributed by atoms with van der Waals surface area (Å²) < 4.78 is 6.14. The molecule has 1 amide bonds. The number of amides is 1. The summed E-state index contributed by atoms with van der Waals surface area (Å²) in [6, 6.07) is 6.02. The van der Waals surface area contributed by atoms with Gasteiger partial charge in [-0.1, -0.05) is 33.6 Å². The fourth-order valence-corrected chi connectivity index (χ4v) is 2.71. The van der Waals surface area contributed by atoms with Gasteiger partial charge in [-0.3, -0.25) is 0 Å². The summed E-state index contributed by atoms with van der Waals surface area (Å²) >= 11 is 9.62. The first-order chi connectivity index (χ1) is 10.2. The van der Waals surface area contributed by atoms with Crippen LogP contribution in [-0.2, 0) is 4.74 Å². The zero-order valence-electron chi connectivity index (χ0n) is 13.5. The van der Waals surface area contributed by atoms with Crippen molar-refractivity contribution < 1.29 is 9.53 Å². The zero-order chi connectivity index (χ0) is 16.8. The molecule has 0 aliphatic heterocycles. The zero-order valence-corrected chi connectivity index (χ0v) is 15.8. The van der Waals surface area contributed by atoms with E-state index in [1.54, 1.807) is 0 Å². The van der Waals surface area contributed by atoms with E-state index in [2.05, 4.69) is 33.5 Å². The van der Waals surface area contributed by atoms with Crippen LogP contribution in [0.2, 0.25) is 5.02 Å². The van der Waals surface area contributed by atoms with Gasteiger partial charge in [-0.05, 0) is 58.4 Å². The van der Waals surface area contributed by atoms with Crippen LogP contribution in [0.4, 0.5) is 4.79 Å². The number of carbonyl (C=O) groups is 1. The van der Waals surface area contributed by atoms with Gasteiger partial charge in [0, 0.05) is 22.1 Å². The first-order valence-electron chi connectivity index (χ1n) is 7.34. The molecular formula is C16H24BrClN2O2. The topological polar surface area (TPSA) is 50.4 Å². The van der Waals surface area contributed by atoms with E-state index in [0.29, 0.717) is 6.54 Å². The van der Waals surface area contributed by atoms with Crippen LogP contribution in [0.15, 0.2) is 22.7 Å². The van der Waals surface area contributed by atoms with Crippen molar-refractivity contribution in [2.75, 3.05) is 13.1 Å². The fourth-order valence-electron chi connectivity index (χ4n) is 1.87. The maximum Gasteiger partial charge on any atom is 0.407 e. The highest BCUT2D eigenvalue weighted by molar-refractivity contribution is 9.10. The van der Waals surface area contributed by atoms with E-state index in [9.17, 15) is 4.79 Å². The van der Waals surface area contributed by atoms with Crippen LogP contribution in [0.1, 0.15) is 45.7 Å². The average molecular weight is 392 g/mol. The molecule has 1 rings (SSSR count). The van der Waals surface area contributed by atoms with Crippen LogP contribution in [0.25, 0.3) is 0 Å². The number of benzene rings is 1. The molecule has 0 fully saturated rings. The fraction of sp³-hybridized carbons (Fsp3) is 0.562. The second kappa shape index (κ2) is 8.75. The van der Waals surface area contributed by atoms with Gasteiger partial charge >= 0.3 is 6.09 Å². The van der Waals surface area contributed by atoms with Crippen molar-refractivity contribution in [3.63, 3.8) is 0 Å². The standard InChI is InChI=1S/C16H24BrClN2O2/c1-11(13-7-6-12(17)10-14(13)18)19-8-5-9-20-15(21)22-16(2,3)4/h6-7,10-11,19H,5,8-9H2,1-4H3,(H,20,21). The van der Waals surface area contributed by atoms with Crippen molar-refractivity contribution in [1.29, 1.82) is 0 Å². The summed E-state index contributed by atoms with van der Waals surface area (Å²) in [4.78, 5) is 11.5. The minimum atomic E-state index is -0.463. The van der Waals surface area contributed by atoms with Crippen molar-refractivity contribution in [2.24, 2.45) is 0 Å². The summed E-state index contributed by atoms with van der Waals surface area (Å²) in [5, 5.41) is 6.86.